The van der Waals surface area contributed by atoms with Crippen LogP contribution in [0, 0.1) is 6.08 Å². The molecule has 0 spiro atoms. The van der Waals surface area contributed by atoms with Gasteiger partial charge in [-0.2, -0.15) is 0 Å². The Kier molecular flexibility index (Phi) is 6.22. The van der Waals surface area contributed by atoms with Gasteiger partial charge in [-0.05, 0) is 51.0 Å². The standard InChI is InChI=1S/C13H19/c1-2-4-6-8-10-12-13-11-9-7-5-3-1/h1-4,13H,5-11H2/b3-1-,4-2+,13-12?. The molecule has 1 aliphatic rings. The van der Waals surface area contributed by atoms with Crippen molar-refractivity contribution in [2.75, 3.05) is 0 Å². The zero-order chi connectivity index (χ0) is 9.19. The molecule has 0 saturated carbocycles. The monoisotopic (exact) mass is 175 g/mol. The molecule has 0 amide bonds. The number of allylic oxidation sites excluding steroid dienone is 6. The molecule has 1 rings (SSSR count). The van der Waals surface area contributed by atoms with Crippen molar-refractivity contribution in [1.82, 2.24) is 0 Å². The van der Waals surface area contributed by atoms with Crippen molar-refractivity contribution in [2.24, 2.45) is 0 Å². The molecule has 1 radical (unpaired) electrons. The van der Waals surface area contributed by atoms with Gasteiger partial charge in [0.1, 0.15) is 0 Å². The lowest BCUT2D eigenvalue weighted by molar-refractivity contribution is 0.757. The zero-order valence-corrected chi connectivity index (χ0v) is 8.34. The molecule has 0 fully saturated rings. The summed E-state index contributed by atoms with van der Waals surface area (Å²) in [6.07, 6.45) is 23.0. The van der Waals surface area contributed by atoms with Gasteiger partial charge in [0, 0.05) is 0 Å². The van der Waals surface area contributed by atoms with E-state index in [4.69, 9.17) is 0 Å². The smallest absolute Gasteiger partial charge is 0.0276 e. The van der Waals surface area contributed by atoms with Crippen molar-refractivity contribution < 1.29 is 0 Å². The van der Waals surface area contributed by atoms with E-state index in [1.54, 1.807) is 0 Å². The summed E-state index contributed by atoms with van der Waals surface area (Å²) in [5, 5.41) is 0. The van der Waals surface area contributed by atoms with E-state index in [0.29, 0.717) is 0 Å². The first-order chi connectivity index (χ1) is 6.50. The molecule has 0 nitrogen and oxygen atoms in total. The molecular formula is C13H19. The van der Waals surface area contributed by atoms with Crippen LogP contribution in [0.15, 0.2) is 30.4 Å². The van der Waals surface area contributed by atoms with E-state index >= 15 is 0 Å². The van der Waals surface area contributed by atoms with Crippen LogP contribution in [-0.2, 0) is 0 Å². The Labute approximate surface area is 82.0 Å². The second-order valence-corrected chi connectivity index (χ2v) is 3.44. The molecule has 71 valence electrons. The van der Waals surface area contributed by atoms with Crippen molar-refractivity contribution in [3.63, 3.8) is 0 Å². The van der Waals surface area contributed by atoms with Crippen LogP contribution < -0.4 is 0 Å². The normalized spacial score (nSPS) is 27.7. The topological polar surface area (TPSA) is 0 Å². The summed E-state index contributed by atoms with van der Waals surface area (Å²) in [5.41, 5.74) is 0. The minimum atomic E-state index is 1.12. The fraction of sp³-hybridized carbons (Fsp3) is 0.538. The summed E-state index contributed by atoms with van der Waals surface area (Å²) in [6.45, 7) is 0. The minimum absolute atomic E-state index is 1.12. The highest BCUT2D eigenvalue weighted by molar-refractivity contribution is 5.02. The molecule has 0 N–H and O–H groups in total. The number of rotatable bonds is 0. The molecule has 13 heavy (non-hydrogen) atoms. The molecule has 1 aliphatic carbocycles. The second kappa shape index (κ2) is 7.85. The SMILES string of the molecule is [C]1=C/CCCC/C=C\C=C\CCC/1. The third-order valence-electron chi connectivity index (χ3n) is 2.19. The number of hydrogen-bond donors (Lipinski definition) is 0. The molecule has 0 aromatic rings. The van der Waals surface area contributed by atoms with E-state index < -0.39 is 0 Å². The van der Waals surface area contributed by atoms with E-state index in [9.17, 15) is 0 Å². The molecule has 0 aromatic heterocycles. The van der Waals surface area contributed by atoms with Crippen molar-refractivity contribution in [1.29, 1.82) is 0 Å². The second-order valence-electron chi connectivity index (χ2n) is 3.44. The molecule has 0 aromatic carbocycles. The van der Waals surface area contributed by atoms with Gasteiger partial charge in [0.05, 0.1) is 0 Å². The van der Waals surface area contributed by atoms with Gasteiger partial charge in [0.15, 0.2) is 0 Å². The Morgan fingerprint density at radius 2 is 1.46 bits per heavy atom. The van der Waals surface area contributed by atoms with E-state index in [-0.39, 0.29) is 0 Å². The van der Waals surface area contributed by atoms with Crippen molar-refractivity contribution >= 4 is 0 Å². The zero-order valence-electron chi connectivity index (χ0n) is 8.34. The Morgan fingerprint density at radius 3 is 2.31 bits per heavy atom. The van der Waals surface area contributed by atoms with Crippen molar-refractivity contribution in [2.45, 2.75) is 44.9 Å². The van der Waals surface area contributed by atoms with Crippen LogP contribution in [0.25, 0.3) is 0 Å². The Morgan fingerprint density at radius 1 is 0.769 bits per heavy atom. The van der Waals surface area contributed by atoms with Crippen LogP contribution in [0.4, 0.5) is 0 Å². The quantitative estimate of drug-likeness (QED) is 0.517. The lowest BCUT2D eigenvalue weighted by Crippen LogP contribution is -1.73. The van der Waals surface area contributed by atoms with Crippen molar-refractivity contribution in [3.05, 3.63) is 36.5 Å². The fourth-order valence-corrected chi connectivity index (χ4v) is 1.38. The van der Waals surface area contributed by atoms with Gasteiger partial charge in [0.25, 0.3) is 0 Å². The fourth-order valence-electron chi connectivity index (χ4n) is 1.38. The summed E-state index contributed by atoms with van der Waals surface area (Å²) in [6, 6.07) is 0. The summed E-state index contributed by atoms with van der Waals surface area (Å²) < 4.78 is 0. The third kappa shape index (κ3) is 6.39. The lowest BCUT2D eigenvalue weighted by atomic mass is 10.1. The van der Waals surface area contributed by atoms with Crippen LogP contribution in [0.3, 0.4) is 0 Å². The first-order valence-electron chi connectivity index (χ1n) is 5.37. The van der Waals surface area contributed by atoms with E-state index in [0.717, 1.165) is 6.42 Å². The van der Waals surface area contributed by atoms with Crippen LogP contribution in [0.5, 0.6) is 0 Å². The first kappa shape index (κ1) is 10.3. The lowest BCUT2D eigenvalue weighted by Gasteiger charge is -1.92. The largest absolute Gasteiger partial charge is 0.0845 e. The highest BCUT2D eigenvalue weighted by Crippen LogP contribution is 2.04. The highest BCUT2D eigenvalue weighted by Gasteiger charge is 1.85. The van der Waals surface area contributed by atoms with Gasteiger partial charge in [-0.25, -0.2) is 0 Å². The number of hydrogen-bond acceptors (Lipinski definition) is 0. The Bertz CT molecular complexity index is 184. The molecule has 0 bridgehead atoms. The molecule has 0 saturated heterocycles. The van der Waals surface area contributed by atoms with Crippen LogP contribution >= 0.6 is 0 Å². The maximum absolute atomic E-state index is 3.34. The van der Waals surface area contributed by atoms with E-state index in [1.165, 1.54) is 38.5 Å². The molecule has 0 unspecified atom stereocenters. The predicted octanol–water partition coefficient (Wildman–Crippen LogP) is 4.20. The summed E-state index contributed by atoms with van der Waals surface area (Å²) in [5.74, 6) is 0. The summed E-state index contributed by atoms with van der Waals surface area (Å²) >= 11 is 0. The summed E-state index contributed by atoms with van der Waals surface area (Å²) in [7, 11) is 0. The average Bonchev–Trinajstić information content (AvgIpc) is 2.18. The van der Waals surface area contributed by atoms with Gasteiger partial charge in [-0.15, -0.1) is 0 Å². The van der Waals surface area contributed by atoms with E-state index in [2.05, 4.69) is 36.5 Å². The van der Waals surface area contributed by atoms with Gasteiger partial charge in [-0.1, -0.05) is 30.4 Å². The molecular weight excluding hydrogens is 156 g/mol. The maximum Gasteiger partial charge on any atom is -0.0276 e. The van der Waals surface area contributed by atoms with Crippen molar-refractivity contribution in [3.8, 4) is 0 Å². The molecule has 0 heteroatoms. The average molecular weight is 175 g/mol. The molecule has 0 heterocycles. The van der Waals surface area contributed by atoms with Gasteiger partial charge >= 0.3 is 0 Å². The maximum atomic E-state index is 3.34. The third-order valence-corrected chi connectivity index (χ3v) is 2.19. The van der Waals surface area contributed by atoms with Crippen LogP contribution in [0.2, 0.25) is 0 Å². The van der Waals surface area contributed by atoms with Crippen LogP contribution in [-0.4, -0.2) is 0 Å². The predicted molar refractivity (Wildman–Crippen MR) is 58.4 cm³/mol. The molecule has 0 aliphatic heterocycles. The first-order valence-corrected chi connectivity index (χ1v) is 5.37. The van der Waals surface area contributed by atoms with Gasteiger partial charge < -0.3 is 0 Å². The highest BCUT2D eigenvalue weighted by atomic mass is 13.9. The summed E-state index contributed by atoms with van der Waals surface area (Å²) in [4.78, 5) is 0. The Balaban J connectivity index is 2.28. The molecule has 0 atom stereocenters. The van der Waals surface area contributed by atoms with E-state index in [1.807, 2.05) is 0 Å². The van der Waals surface area contributed by atoms with Gasteiger partial charge in [-0.3, -0.25) is 0 Å². The van der Waals surface area contributed by atoms with Crippen LogP contribution in [0.1, 0.15) is 44.9 Å². The van der Waals surface area contributed by atoms with Gasteiger partial charge in [0.2, 0.25) is 0 Å². The minimum Gasteiger partial charge on any atom is -0.0845 e. The Hall–Kier alpha value is -0.780.